The molecule has 0 fully saturated rings. The Labute approximate surface area is 106 Å². The van der Waals surface area contributed by atoms with Gasteiger partial charge in [0.05, 0.1) is 25.4 Å². The number of anilines is 1. The lowest BCUT2D eigenvalue weighted by atomic mass is 10.1. The van der Waals surface area contributed by atoms with Gasteiger partial charge in [-0.2, -0.15) is 0 Å². The maximum absolute atomic E-state index is 11.7. The van der Waals surface area contributed by atoms with Crippen molar-refractivity contribution >= 4 is 11.6 Å². The van der Waals surface area contributed by atoms with Crippen LogP contribution in [0.2, 0.25) is 0 Å². The molecule has 4 N–H and O–H groups in total. The number of amides is 1. The molecule has 0 bridgehead atoms. The number of phenolic OH excluding ortho intramolecular Hbond substituents is 1. The zero-order valence-electron chi connectivity index (χ0n) is 10.3. The number of benzene rings is 1. The number of carbonyl (C=O) groups is 1. The van der Waals surface area contributed by atoms with Crippen molar-refractivity contribution < 1.29 is 19.4 Å². The molecule has 100 valence electrons. The molecule has 0 heterocycles. The van der Waals surface area contributed by atoms with Crippen LogP contribution in [0.5, 0.6) is 5.75 Å². The smallest absolute Gasteiger partial charge is 0.253 e. The number of nitrogens with one attached hydrogen (secondary N) is 1. The first-order valence-electron chi connectivity index (χ1n) is 5.58. The molecule has 0 unspecified atom stereocenters. The standard InChI is InChI=1S/C12H18N2O4/c1-17-6-7-18-5-4-14-12(16)10-8-9(15)2-3-11(10)13/h2-3,8,15H,4-7,13H2,1H3,(H,14,16). The van der Waals surface area contributed by atoms with Gasteiger partial charge >= 0.3 is 0 Å². The van der Waals surface area contributed by atoms with E-state index in [1.54, 1.807) is 7.11 Å². The zero-order chi connectivity index (χ0) is 13.4. The Morgan fingerprint density at radius 3 is 2.89 bits per heavy atom. The number of aromatic hydroxyl groups is 1. The Morgan fingerprint density at radius 2 is 2.17 bits per heavy atom. The molecule has 0 aliphatic heterocycles. The third kappa shape index (κ3) is 4.60. The average Bonchev–Trinajstić information content (AvgIpc) is 2.36. The van der Waals surface area contributed by atoms with Gasteiger partial charge in [0.2, 0.25) is 0 Å². The monoisotopic (exact) mass is 254 g/mol. The number of phenols is 1. The summed E-state index contributed by atoms with van der Waals surface area (Å²) < 4.78 is 10.0. The van der Waals surface area contributed by atoms with Gasteiger partial charge in [-0.05, 0) is 18.2 Å². The molecule has 1 aromatic rings. The SMILES string of the molecule is COCCOCCNC(=O)c1cc(O)ccc1N. The number of carbonyl (C=O) groups excluding carboxylic acids is 1. The molecule has 0 aromatic heterocycles. The summed E-state index contributed by atoms with van der Waals surface area (Å²) in [5.41, 5.74) is 6.22. The van der Waals surface area contributed by atoms with Crippen LogP contribution in [0.15, 0.2) is 18.2 Å². The van der Waals surface area contributed by atoms with Crippen LogP contribution in [-0.2, 0) is 9.47 Å². The van der Waals surface area contributed by atoms with Gasteiger partial charge in [-0.1, -0.05) is 0 Å². The largest absolute Gasteiger partial charge is 0.508 e. The molecule has 18 heavy (non-hydrogen) atoms. The van der Waals surface area contributed by atoms with Crippen molar-refractivity contribution in [2.24, 2.45) is 0 Å². The number of hydrogen-bond acceptors (Lipinski definition) is 5. The molecule has 0 saturated heterocycles. The van der Waals surface area contributed by atoms with Gasteiger partial charge in [0.1, 0.15) is 5.75 Å². The second kappa shape index (κ2) is 7.52. The first-order valence-corrected chi connectivity index (χ1v) is 5.58. The Morgan fingerprint density at radius 1 is 1.39 bits per heavy atom. The van der Waals surface area contributed by atoms with Crippen molar-refractivity contribution in [3.63, 3.8) is 0 Å². The number of ether oxygens (including phenoxy) is 2. The van der Waals surface area contributed by atoms with Crippen molar-refractivity contribution in [2.45, 2.75) is 0 Å². The molecule has 0 aliphatic rings. The second-order valence-corrected chi connectivity index (χ2v) is 3.63. The van der Waals surface area contributed by atoms with Crippen molar-refractivity contribution in [3.8, 4) is 5.75 Å². The molecule has 0 atom stereocenters. The Bertz CT molecular complexity index is 396. The van der Waals surface area contributed by atoms with E-state index in [2.05, 4.69) is 5.32 Å². The van der Waals surface area contributed by atoms with Crippen LogP contribution in [0, 0.1) is 0 Å². The summed E-state index contributed by atoms with van der Waals surface area (Å²) in [5.74, 6) is -0.329. The summed E-state index contributed by atoms with van der Waals surface area (Å²) in [6.07, 6.45) is 0. The Balaban J connectivity index is 2.34. The normalized spacial score (nSPS) is 10.3. The molecule has 0 radical (unpaired) electrons. The lowest BCUT2D eigenvalue weighted by Crippen LogP contribution is -2.28. The third-order valence-electron chi connectivity index (χ3n) is 2.25. The fourth-order valence-electron chi connectivity index (χ4n) is 1.32. The minimum Gasteiger partial charge on any atom is -0.508 e. The highest BCUT2D eigenvalue weighted by molar-refractivity contribution is 5.99. The fourth-order valence-corrected chi connectivity index (χ4v) is 1.32. The minimum absolute atomic E-state index is 0.00527. The van der Waals surface area contributed by atoms with E-state index in [9.17, 15) is 9.90 Å². The van der Waals surface area contributed by atoms with Crippen LogP contribution in [0.4, 0.5) is 5.69 Å². The van der Waals surface area contributed by atoms with Gasteiger partial charge in [-0.15, -0.1) is 0 Å². The van der Waals surface area contributed by atoms with Crippen LogP contribution >= 0.6 is 0 Å². The van der Waals surface area contributed by atoms with Crippen LogP contribution in [0.3, 0.4) is 0 Å². The van der Waals surface area contributed by atoms with Gasteiger partial charge in [0.25, 0.3) is 5.91 Å². The van der Waals surface area contributed by atoms with Crippen LogP contribution in [0.1, 0.15) is 10.4 Å². The van der Waals surface area contributed by atoms with Crippen LogP contribution in [0.25, 0.3) is 0 Å². The molecule has 0 saturated carbocycles. The second-order valence-electron chi connectivity index (χ2n) is 3.63. The summed E-state index contributed by atoms with van der Waals surface area (Å²) in [5, 5.41) is 11.9. The van der Waals surface area contributed by atoms with E-state index in [-0.39, 0.29) is 17.2 Å². The number of hydrogen-bond donors (Lipinski definition) is 3. The van der Waals surface area contributed by atoms with Gasteiger partial charge in [0.15, 0.2) is 0 Å². The summed E-state index contributed by atoms with van der Waals surface area (Å²) in [7, 11) is 1.59. The first kappa shape index (κ1) is 14.3. The quantitative estimate of drug-likeness (QED) is 0.371. The lowest BCUT2D eigenvalue weighted by Gasteiger charge is -2.08. The van der Waals surface area contributed by atoms with E-state index in [0.717, 1.165) is 0 Å². The molecule has 1 rings (SSSR count). The molecule has 0 aliphatic carbocycles. The highest BCUT2D eigenvalue weighted by atomic mass is 16.5. The van der Waals surface area contributed by atoms with E-state index in [1.807, 2.05) is 0 Å². The van der Waals surface area contributed by atoms with E-state index in [1.165, 1.54) is 18.2 Å². The average molecular weight is 254 g/mol. The molecule has 6 nitrogen and oxygen atoms in total. The zero-order valence-corrected chi connectivity index (χ0v) is 10.3. The summed E-state index contributed by atoms with van der Waals surface area (Å²) in [6, 6.07) is 4.25. The summed E-state index contributed by atoms with van der Waals surface area (Å²) >= 11 is 0. The van der Waals surface area contributed by atoms with E-state index in [4.69, 9.17) is 15.2 Å². The van der Waals surface area contributed by atoms with Gasteiger partial charge in [-0.3, -0.25) is 4.79 Å². The van der Waals surface area contributed by atoms with Crippen molar-refractivity contribution in [1.29, 1.82) is 0 Å². The predicted molar refractivity (Wildman–Crippen MR) is 67.5 cm³/mol. The van der Waals surface area contributed by atoms with Gasteiger partial charge in [0, 0.05) is 19.3 Å². The van der Waals surface area contributed by atoms with Crippen LogP contribution < -0.4 is 11.1 Å². The number of nitrogen functional groups attached to an aromatic ring is 1. The van der Waals surface area contributed by atoms with Gasteiger partial charge in [-0.25, -0.2) is 0 Å². The third-order valence-corrected chi connectivity index (χ3v) is 2.25. The predicted octanol–water partition coefficient (Wildman–Crippen LogP) is 0.367. The molecule has 0 spiro atoms. The molecular formula is C12H18N2O4. The lowest BCUT2D eigenvalue weighted by molar-refractivity contribution is 0.0693. The Hall–Kier alpha value is -1.79. The van der Waals surface area contributed by atoms with Gasteiger partial charge < -0.3 is 25.6 Å². The number of rotatable bonds is 7. The summed E-state index contributed by atoms with van der Waals surface area (Å²) in [6.45, 7) is 1.78. The highest BCUT2D eigenvalue weighted by Crippen LogP contribution is 2.17. The molecule has 1 aromatic carbocycles. The van der Waals surface area contributed by atoms with E-state index in [0.29, 0.717) is 32.1 Å². The maximum atomic E-state index is 11.7. The summed E-state index contributed by atoms with van der Waals surface area (Å²) in [4.78, 5) is 11.7. The van der Waals surface area contributed by atoms with Crippen molar-refractivity contribution in [2.75, 3.05) is 39.2 Å². The Kier molecular flexibility index (Phi) is 5.96. The highest BCUT2D eigenvalue weighted by Gasteiger charge is 2.09. The first-order chi connectivity index (χ1) is 8.65. The van der Waals surface area contributed by atoms with E-state index >= 15 is 0 Å². The molecular weight excluding hydrogens is 236 g/mol. The van der Waals surface area contributed by atoms with E-state index < -0.39 is 0 Å². The molecule has 6 heteroatoms. The number of nitrogens with two attached hydrogens (primary N) is 1. The minimum atomic E-state index is -0.334. The van der Waals surface area contributed by atoms with Crippen molar-refractivity contribution in [3.05, 3.63) is 23.8 Å². The topological polar surface area (TPSA) is 93.8 Å². The van der Waals surface area contributed by atoms with Crippen LogP contribution in [-0.4, -0.2) is 44.5 Å². The fraction of sp³-hybridized carbons (Fsp3) is 0.417. The maximum Gasteiger partial charge on any atom is 0.253 e. The molecule has 1 amide bonds. The van der Waals surface area contributed by atoms with Crippen molar-refractivity contribution in [1.82, 2.24) is 5.32 Å². The number of methoxy groups -OCH3 is 1.